The molecule has 0 aliphatic carbocycles. The molecule has 5 atom stereocenters. The number of guanidine groups is 1. The van der Waals surface area contributed by atoms with Gasteiger partial charge in [0.25, 0.3) is 0 Å². The van der Waals surface area contributed by atoms with E-state index in [1.165, 1.54) is 0 Å². The Balaban J connectivity index is 1.78. The number of hydrogen-bond donors (Lipinski definition) is 10. The van der Waals surface area contributed by atoms with Crippen molar-refractivity contribution in [1.29, 1.82) is 5.41 Å². The van der Waals surface area contributed by atoms with Crippen LogP contribution in [0, 0.1) is 5.41 Å². The highest BCUT2D eigenvalue weighted by atomic mass is 16.2. The quantitative estimate of drug-likeness (QED) is 0.0311. The van der Waals surface area contributed by atoms with Crippen LogP contribution < -0.4 is 49.1 Å². The van der Waals surface area contributed by atoms with Crippen LogP contribution >= 0.6 is 0 Å². The highest BCUT2D eigenvalue weighted by Crippen LogP contribution is 2.15. The maximum Gasteiger partial charge on any atom is 0.243 e. The number of nitrogens with two attached hydrogens (primary N) is 3. The zero-order chi connectivity index (χ0) is 35.3. The number of amides is 4. The van der Waals surface area contributed by atoms with E-state index in [1.807, 2.05) is 0 Å². The maximum absolute atomic E-state index is 13.3. The normalized spacial score (nSPS) is 21.9. The molecule has 48 heavy (non-hydrogen) atoms. The summed E-state index contributed by atoms with van der Waals surface area (Å²) < 4.78 is 0. The molecule has 0 aromatic rings. The summed E-state index contributed by atoms with van der Waals surface area (Å²) in [6.45, 7) is 4.47. The van der Waals surface area contributed by atoms with Gasteiger partial charge in [-0.25, -0.2) is 0 Å². The number of Topliss-reactive ketones (excluding diaryl/α,β-unsaturated/α-hetero) is 1. The van der Waals surface area contributed by atoms with Gasteiger partial charge in [-0.3, -0.25) is 34.3 Å². The molecular formula is C32H61N11O5. The Morgan fingerprint density at radius 2 is 1.54 bits per heavy atom. The number of ketones is 1. The fourth-order valence-electron chi connectivity index (χ4n) is 5.92. The van der Waals surface area contributed by atoms with E-state index >= 15 is 0 Å². The highest BCUT2D eigenvalue weighted by molar-refractivity contribution is 5.95. The van der Waals surface area contributed by atoms with Crippen LogP contribution in [0.4, 0.5) is 0 Å². The summed E-state index contributed by atoms with van der Waals surface area (Å²) in [6, 6.07) is -3.00. The molecule has 2 fully saturated rings. The Morgan fingerprint density at radius 1 is 0.875 bits per heavy atom. The molecule has 2 saturated heterocycles. The smallest absolute Gasteiger partial charge is 0.243 e. The molecule has 0 aromatic heterocycles. The van der Waals surface area contributed by atoms with Crippen molar-refractivity contribution >= 4 is 35.4 Å². The Morgan fingerprint density at radius 3 is 2.21 bits per heavy atom. The molecule has 13 N–H and O–H groups in total. The predicted octanol–water partition coefficient (Wildman–Crippen LogP) is -1.73. The van der Waals surface area contributed by atoms with Crippen molar-refractivity contribution < 1.29 is 24.0 Å². The topological polar surface area (TPSA) is 263 Å². The van der Waals surface area contributed by atoms with Crippen LogP contribution in [0.25, 0.3) is 0 Å². The van der Waals surface area contributed by atoms with Gasteiger partial charge >= 0.3 is 0 Å². The minimum Gasteiger partial charge on any atom is -0.370 e. The molecule has 2 aliphatic rings. The third-order valence-electron chi connectivity index (χ3n) is 8.82. The largest absolute Gasteiger partial charge is 0.370 e. The summed E-state index contributed by atoms with van der Waals surface area (Å²) in [7, 11) is 0. The molecule has 16 nitrogen and oxygen atoms in total. The first-order chi connectivity index (χ1) is 23.1. The van der Waals surface area contributed by atoms with Gasteiger partial charge in [-0.05, 0) is 51.5 Å². The molecule has 16 heteroatoms. The van der Waals surface area contributed by atoms with E-state index in [0.29, 0.717) is 58.4 Å². The Hall–Kier alpha value is -3.34. The zero-order valence-corrected chi connectivity index (χ0v) is 28.7. The Labute approximate surface area is 285 Å². The fourth-order valence-corrected chi connectivity index (χ4v) is 5.92. The van der Waals surface area contributed by atoms with Gasteiger partial charge in [-0.2, -0.15) is 0 Å². The summed E-state index contributed by atoms with van der Waals surface area (Å²) >= 11 is 0. The van der Waals surface area contributed by atoms with Crippen molar-refractivity contribution in [2.75, 3.05) is 45.8 Å². The van der Waals surface area contributed by atoms with Crippen LogP contribution in [-0.4, -0.2) is 116 Å². The molecule has 0 saturated carbocycles. The van der Waals surface area contributed by atoms with E-state index in [9.17, 15) is 24.0 Å². The van der Waals surface area contributed by atoms with E-state index < -0.39 is 24.2 Å². The fraction of sp³-hybridized carbons (Fsp3) is 0.812. The standard InChI is InChI=1S/C32H61N11O5/c1-2-3-13-23-30(47)41-24(19-40-23)27(44)21-43-20-25(42-31(48)26(43)14-11-18-39-32(35)36)29(46)38-17-10-6-4-5-9-16-37-28(45)22(34)12-7-8-15-33/h22-26,40H,2-21,33-34H2,1H3,(H,37,45)(H,38,46)(H,41,47)(H,42,48)(H4,35,36,39)/t22?,23-,24+,25+,26-/m0/s1. The number of nitrogens with one attached hydrogen (secondary N) is 7. The minimum atomic E-state index is -0.820. The van der Waals surface area contributed by atoms with Crippen LogP contribution in [0.3, 0.4) is 0 Å². The van der Waals surface area contributed by atoms with Gasteiger partial charge in [0.05, 0.1) is 24.7 Å². The average molecular weight is 680 g/mol. The Bertz CT molecular complexity index is 1050. The predicted molar refractivity (Wildman–Crippen MR) is 185 cm³/mol. The van der Waals surface area contributed by atoms with E-state index in [0.717, 1.165) is 57.8 Å². The number of nitrogens with zero attached hydrogens (tertiary/aromatic N) is 1. The minimum absolute atomic E-state index is 0.0884. The zero-order valence-electron chi connectivity index (χ0n) is 28.7. The summed E-state index contributed by atoms with van der Waals surface area (Å²) in [5, 5.41) is 24.7. The van der Waals surface area contributed by atoms with Gasteiger partial charge in [-0.1, -0.05) is 45.4 Å². The van der Waals surface area contributed by atoms with Crippen LogP contribution in [0.2, 0.25) is 0 Å². The van der Waals surface area contributed by atoms with Gasteiger partial charge in [0, 0.05) is 32.7 Å². The molecule has 274 valence electrons. The second-order valence-electron chi connectivity index (χ2n) is 12.9. The number of carbonyl (C=O) groups is 5. The first kappa shape index (κ1) is 40.8. The lowest BCUT2D eigenvalue weighted by Gasteiger charge is -2.39. The first-order valence-electron chi connectivity index (χ1n) is 17.8. The lowest BCUT2D eigenvalue weighted by atomic mass is 9.99. The van der Waals surface area contributed by atoms with Crippen molar-refractivity contribution in [3.05, 3.63) is 0 Å². The molecule has 0 aromatic carbocycles. The van der Waals surface area contributed by atoms with E-state index in [4.69, 9.17) is 22.6 Å². The summed E-state index contributed by atoms with van der Waals surface area (Å²) in [6.07, 6.45) is 10.3. The van der Waals surface area contributed by atoms with Gasteiger partial charge in [0.1, 0.15) is 12.1 Å². The number of hydrogen-bond acceptors (Lipinski definition) is 10. The molecule has 4 amide bonds. The summed E-state index contributed by atoms with van der Waals surface area (Å²) in [5.41, 5.74) is 16.7. The molecule has 0 radical (unpaired) electrons. The second kappa shape index (κ2) is 23.1. The van der Waals surface area contributed by atoms with Gasteiger partial charge in [0.15, 0.2) is 11.7 Å². The molecule has 2 rings (SSSR count). The molecule has 0 spiro atoms. The monoisotopic (exact) mass is 679 g/mol. The van der Waals surface area contributed by atoms with E-state index in [2.05, 4.69) is 38.8 Å². The van der Waals surface area contributed by atoms with Gasteiger partial charge in [0.2, 0.25) is 23.6 Å². The Kier molecular flexibility index (Phi) is 19.6. The van der Waals surface area contributed by atoms with Crippen molar-refractivity contribution in [3.8, 4) is 0 Å². The number of carbonyl (C=O) groups excluding carboxylic acids is 5. The van der Waals surface area contributed by atoms with Crippen molar-refractivity contribution in [1.82, 2.24) is 36.8 Å². The summed E-state index contributed by atoms with van der Waals surface area (Å²) in [5.74, 6) is -1.37. The molecule has 0 bridgehead atoms. The number of unbranched alkanes of at least 4 members (excludes halogenated alkanes) is 6. The molecule has 2 heterocycles. The van der Waals surface area contributed by atoms with Crippen LogP contribution in [-0.2, 0) is 24.0 Å². The third kappa shape index (κ3) is 15.3. The first-order valence-corrected chi connectivity index (χ1v) is 17.8. The van der Waals surface area contributed by atoms with Crippen molar-refractivity contribution in [3.63, 3.8) is 0 Å². The van der Waals surface area contributed by atoms with Gasteiger partial charge in [-0.15, -0.1) is 0 Å². The van der Waals surface area contributed by atoms with Gasteiger partial charge < -0.3 is 49.1 Å². The van der Waals surface area contributed by atoms with Crippen LogP contribution in [0.15, 0.2) is 0 Å². The molecule has 1 unspecified atom stereocenters. The highest BCUT2D eigenvalue weighted by Gasteiger charge is 2.39. The summed E-state index contributed by atoms with van der Waals surface area (Å²) in [4.78, 5) is 65.9. The van der Waals surface area contributed by atoms with Crippen molar-refractivity contribution in [2.24, 2.45) is 17.2 Å². The molecule has 2 aliphatic heterocycles. The molecular weight excluding hydrogens is 618 g/mol. The average Bonchev–Trinajstić information content (AvgIpc) is 3.05. The van der Waals surface area contributed by atoms with Crippen LogP contribution in [0.5, 0.6) is 0 Å². The number of rotatable bonds is 24. The maximum atomic E-state index is 13.3. The second-order valence-corrected chi connectivity index (χ2v) is 12.9. The number of piperazine rings is 2. The third-order valence-corrected chi connectivity index (χ3v) is 8.82. The SMILES string of the molecule is CCCC[C@@H]1NC[C@H](C(=O)CN2C[C@H](C(=O)NCCCCCCCNC(=O)C(N)CCCCN)NC(=O)[C@@H]2CCCNC(=N)N)NC1=O. The van der Waals surface area contributed by atoms with Crippen molar-refractivity contribution in [2.45, 2.75) is 121 Å². The lowest BCUT2D eigenvalue weighted by Crippen LogP contribution is -2.66. The van der Waals surface area contributed by atoms with E-state index in [1.54, 1.807) is 4.90 Å². The van der Waals surface area contributed by atoms with E-state index in [-0.39, 0.29) is 54.5 Å². The van der Waals surface area contributed by atoms with Crippen LogP contribution in [0.1, 0.15) is 90.4 Å². The lowest BCUT2D eigenvalue weighted by molar-refractivity contribution is -0.140.